The summed E-state index contributed by atoms with van der Waals surface area (Å²) in [5.74, 6) is -0.424. The second-order valence-corrected chi connectivity index (χ2v) is 8.87. The van der Waals surface area contributed by atoms with Crippen molar-refractivity contribution in [1.82, 2.24) is 4.98 Å². The van der Waals surface area contributed by atoms with Crippen molar-refractivity contribution in [2.24, 2.45) is 0 Å². The van der Waals surface area contributed by atoms with Crippen molar-refractivity contribution in [2.75, 3.05) is 15.4 Å². The van der Waals surface area contributed by atoms with Crippen LogP contribution in [-0.4, -0.2) is 25.2 Å². The predicted octanol–water partition coefficient (Wildman–Crippen LogP) is 3.93. The Morgan fingerprint density at radius 1 is 0.967 bits per heavy atom. The van der Waals surface area contributed by atoms with Gasteiger partial charge in [0, 0.05) is 34.9 Å². The number of sulfonamides is 1. The lowest BCUT2D eigenvalue weighted by Gasteiger charge is -2.09. The van der Waals surface area contributed by atoms with Crippen LogP contribution in [0.2, 0.25) is 0 Å². The monoisotopic (exact) mass is 444 g/mol. The Bertz CT molecular complexity index is 1110. The zero-order chi connectivity index (χ0) is 21.6. The normalized spacial score (nSPS) is 11.0. The Labute approximate surface area is 178 Å². The fraction of sp³-hybridized carbons (Fsp3) is 0.150. The first-order valence-electron chi connectivity index (χ1n) is 9.11. The number of benzene rings is 2. The first-order valence-corrected chi connectivity index (χ1v) is 11.5. The molecule has 0 fully saturated rings. The number of anilines is 3. The van der Waals surface area contributed by atoms with E-state index in [4.69, 9.17) is 0 Å². The fourth-order valence-electron chi connectivity index (χ4n) is 2.52. The van der Waals surface area contributed by atoms with Crippen LogP contribution in [0.25, 0.3) is 0 Å². The number of carbonyl (C=O) groups excluding carboxylic acids is 2. The lowest BCUT2D eigenvalue weighted by Crippen LogP contribution is -2.14. The number of amides is 2. The lowest BCUT2D eigenvalue weighted by atomic mass is 10.2. The van der Waals surface area contributed by atoms with Crippen LogP contribution in [0.5, 0.6) is 0 Å². The molecule has 8 nitrogen and oxygen atoms in total. The number of hydrogen-bond donors (Lipinski definition) is 3. The van der Waals surface area contributed by atoms with Crippen molar-refractivity contribution in [2.45, 2.75) is 24.7 Å². The van der Waals surface area contributed by atoms with Gasteiger partial charge in [-0.1, -0.05) is 6.92 Å². The van der Waals surface area contributed by atoms with Crippen LogP contribution >= 0.6 is 11.3 Å². The molecule has 0 radical (unpaired) electrons. The summed E-state index contributed by atoms with van der Waals surface area (Å²) in [6.45, 7) is 1.92. The highest BCUT2D eigenvalue weighted by molar-refractivity contribution is 7.93. The van der Waals surface area contributed by atoms with Gasteiger partial charge in [-0.3, -0.25) is 14.3 Å². The van der Waals surface area contributed by atoms with Crippen molar-refractivity contribution in [1.29, 1.82) is 0 Å². The van der Waals surface area contributed by atoms with Gasteiger partial charge in [-0.2, -0.15) is 0 Å². The topological polar surface area (TPSA) is 117 Å². The molecule has 0 unspecified atom stereocenters. The minimum Gasteiger partial charge on any atom is -0.326 e. The van der Waals surface area contributed by atoms with Gasteiger partial charge in [-0.15, -0.1) is 11.3 Å². The number of thiazole rings is 1. The third kappa shape index (κ3) is 5.65. The van der Waals surface area contributed by atoms with E-state index < -0.39 is 10.0 Å². The van der Waals surface area contributed by atoms with Crippen LogP contribution in [0, 0.1) is 0 Å². The van der Waals surface area contributed by atoms with E-state index in [0.717, 1.165) is 6.42 Å². The average molecular weight is 445 g/mol. The zero-order valence-corrected chi connectivity index (χ0v) is 17.7. The number of rotatable bonds is 8. The first-order chi connectivity index (χ1) is 14.4. The molecule has 2 amide bonds. The maximum absolute atomic E-state index is 12.4. The summed E-state index contributed by atoms with van der Waals surface area (Å²) in [7, 11) is -3.75. The molecule has 156 valence electrons. The quantitative estimate of drug-likeness (QED) is 0.487. The Morgan fingerprint density at radius 3 is 2.20 bits per heavy atom. The molecular formula is C20H20N4O4S2. The van der Waals surface area contributed by atoms with Gasteiger partial charge in [0.25, 0.3) is 15.9 Å². The summed E-state index contributed by atoms with van der Waals surface area (Å²) < 4.78 is 27.1. The molecule has 0 spiro atoms. The van der Waals surface area contributed by atoms with Crippen molar-refractivity contribution < 1.29 is 18.0 Å². The summed E-state index contributed by atoms with van der Waals surface area (Å²) in [6.07, 6.45) is 2.70. The molecule has 1 aromatic heterocycles. The van der Waals surface area contributed by atoms with Crippen LogP contribution in [0.3, 0.4) is 0 Å². The van der Waals surface area contributed by atoms with Gasteiger partial charge in [0.1, 0.15) is 0 Å². The van der Waals surface area contributed by atoms with Gasteiger partial charge in [-0.25, -0.2) is 13.4 Å². The molecule has 0 saturated heterocycles. The molecule has 3 rings (SSSR count). The summed E-state index contributed by atoms with van der Waals surface area (Å²) >= 11 is 1.18. The van der Waals surface area contributed by atoms with Crippen LogP contribution in [0.15, 0.2) is 65.0 Å². The van der Waals surface area contributed by atoms with Crippen molar-refractivity contribution in [3.05, 3.63) is 65.7 Å². The predicted molar refractivity (Wildman–Crippen MR) is 117 cm³/mol. The van der Waals surface area contributed by atoms with E-state index in [0.29, 0.717) is 23.4 Å². The number of aromatic nitrogens is 1. The fourth-order valence-corrected chi connectivity index (χ4v) is 4.31. The summed E-state index contributed by atoms with van der Waals surface area (Å²) in [5.41, 5.74) is 1.48. The molecule has 30 heavy (non-hydrogen) atoms. The number of carbonyl (C=O) groups is 2. The van der Waals surface area contributed by atoms with Crippen molar-refractivity contribution >= 4 is 49.7 Å². The van der Waals surface area contributed by atoms with Gasteiger partial charge >= 0.3 is 0 Å². The summed E-state index contributed by atoms with van der Waals surface area (Å²) in [4.78, 5) is 28.0. The molecule has 0 bridgehead atoms. The summed E-state index contributed by atoms with van der Waals surface area (Å²) in [6, 6.07) is 12.3. The van der Waals surface area contributed by atoms with Crippen molar-refractivity contribution in [3.8, 4) is 0 Å². The summed E-state index contributed by atoms with van der Waals surface area (Å²) in [5, 5.41) is 7.42. The second-order valence-electron chi connectivity index (χ2n) is 6.30. The SMILES string of the molecule is CCCC(=O)Nc1ccc(C(=O)Nc2ccc(S(=O)(=O)Nc3nccs3)cc2)cc1. The molecule has 0 aliphatic carbocycles. The van der Waals surface area contributed by atoms with E-state index in [1.807, 2.05) is 6.92 Å². The minimum atomic E-state index is -3.75. The molecule has 0 atom stereocenters. The van der Waals surface area contributed by atoms with Gasteiger partial charge in [0.15, 0.2) is 5.13 Å². The van der Waals surface area contributed by atoms with Crippen LogP contribution < -0.4 is 15.4 Å². The highest BCUT2D eigenvalue weighted by Gasteiger charge is 2.15. The van der Waals surface area contributed by atoms with E-state index >= 15 is 0 Å². The van der Waals surface area contributed by atoms with Gasteiger partial charge in [0.05, 0.1) is 4.90 Å². The number of hydrogen-bond acceptors (Lipinski definition) is 6. The van der Waals surface area contributed by atoms with Gasteiger partial charge in [0.2, 0.25) is 5.91 Å². The van der Waals surface area contributed by atoms with Gasteiger partial charge < -0.3 is 10.6 Å². The molecule has 0 aliphatic rings. The molecule has 0 aliphatic heterocycles. The zero-order valence-electron chi connectivity index (χ0n) is 16.1. The third-order valence-electron chi connectivity index (χ3n) is 3.98. The van der Waals surface area contributed by atoms with Crippen LogP contribution in [-0.2, 0) is 14.8 Å². The van der Waals surface area contributed by atoms with Crippen molar-refractivity contribution in [3.63, 3.8) is 0 Å². The number of nitrogens with one attached hydrogen (secondary N) is 3. The molecule has 10 heteroatoms. The highest BCUT2D eigenvalue weighted by Crippen LogP contribution is 2.20. The Morgan fingerprint density at radius 2 is 1.60 bits per heavy atom. The number of nitrogens with zero attached hydrogens (tertiary/aromatic N) is 1. The van der Waals surface area contributed by atoms with Gasteiger partial charge in [-0.05, 0) is 55.0 Å². The largest absolute Gasteiger partial charge is 0.326 e. The van der Waals surface area contributed by atoms with E-state index in [1.54, 1.807) is 29.6 Å². The van der Waals surface area contributed by atoms with E-state index in [1.165, 1.54) is 41.8 Å². The van der Waals surface area contributed by atoms with E-state index in [-0.39, 0.29) is 21.8 Å². The molecule has 2 aromatic carbocycles. The average Bonchev–Trinajstić information content (AvgIpc) is 3.21. The molecule has 3 N–H and O–H groups in total. The Kier molecular flexibility index (Phi) is 6.80. The van der Waals surface area contributed by atoms with E-state index in [2.05, 4.69) is 20.3 Å². The Balaban J connectivity index is 1.62. The van der Waals surface area contributed by atoms with Crippen LogP contribution in [0.1, 0.15) is 30.1 Å². The third-order valence-corrected chi connectivity index (χ3v) is 6.16. The smallest absolute Gasteiger partial charge is 0.263 e. The van der Waals surface area contributed by atoms with Crippen LogP contribution in [0.4, 0.5) is 16.5 Å². The maximum Gasteiger partial charge on any atom is 0.263 e. The van der Waals surface area contributed by atoms with E-state index in [9.17, 15) is 18.0 Å². The second kappa shape index (κ2) is 9.51. The molecule has 0 saturated carbocycles. The molecule has 1 heterocycles. The maximum atomic E-state index is 12.4. The highest BCUT2D eigenvalue weighted by atomic mass is 32.2. The first kappa shape index (κ1) is 21.5. The molecular weight excluding hydrogens is 424 g/mol. The molecule has 3 aromatic rings. The lowest BCUT2D eigenvalue weighted by molar-refractivity contribution is -0.116. The minimum absolute atomic E-state index is 0.0582. The standard InChI is InChI=1S/C20H20N4O4S2/c1-2-3-18(25)22-15-6-4-14(5-7-15)19(26)23-16-8-10-17(11-9-16)30(27,28)24-20-21-12-13-29-20/h4-13H,2-3H2,1H3,(H,21,24)(H,22,25)(H,23,26). The Hall–Kier alpha value is -3.24.